The Morgan fingerprint density at radius 2 is 1.50 bits per heavy atom. The van der Waals surface area contributed by atoms with Crippen molar-refractivity contribution in [3.63, 3.8) is 0 Å². The zero-order valence-corrected chi connectivity index (χ0v) is 8.52. The van der Waals surface area contributed by atoms with E-state index in [0.29, 0.717) is 16.9 Å². The van der Waals surface area contributed by atoms with Crippen molar-refractivity contribution in [3.05, 3.63) is 0 Å². The van der Waals surface area contributed by atoms with Crippen molar-refractivity contribution in [1.82, 2.24) is 0 Å². The van der Waals surface area contributed by atoms with Crippen LogP contribution in [0.3, 0.4) is 0 Å². The summed E-state index contributed by atoms with van der Waals surface area (Å²) in [6, 6.07) is 0. The van der Waals surface area contributed by atoms with Gasteiger partial charge in [0.2, 0.25) is 0 Å². The maximum atomic E-state index is 5.68. The lowest BCUT2D eigenvalue weighted by atomic mass is 9.68. The maximum absolute atomic E-state index is 5.68. The Hall–Kier alpha value is -0.0400. The van der Waals surface area contributed by atoms with Gasteiger partial charge in [-0.15, -0.1) is 0 Å². The second-order valence-electron chi connectivity index (χ2n) is 5.28. The van der Waals surface area contributed by atoms with Crippen LogP contribution in [-0.4, -0.2) is 13.2 Å². The fourth-order valence-corrected chi connectivity index (χ4v) is 3.65. The Morgan fingerprint density at radius 1 is 1.00 bits per heavy atom. The zero-order chi connectivity index (χ0) is 8.82. The summed E-state index contributed by atoms with van der Waals surface area (Å²) in [5.41, 5.74) is 1.00. The van der Waals surface area contributed by atoms with Crippen molar-refractivity contribution in [2.75, 3.05) is 7.11 Å². The number of ether oxygens (including phenoxy) is 1. The zero-order valence-electron chi connectivity index (χ0n) is 8.52. The smallest absolute Gasteiger partial charge is 0.0678 e. The predicted octanol–water partition coefficient (Wildman–Crippen LogP) is 2.99. The molecule has 2 aliphatic carbocycles. The van der Waals surface area contributed by atoms with E-state index in [0.717, 1.165) is 0 Å². The van der Waals surface area contributed by atoms with E-state index in [1.54, 1.807) is 0 Å². The predicted molar refractivity (Wildman–Crippen MR) is 50.1 cm³/mol. The summed E-state index contributed by atoms with van der Waals surface area (Å²) in [5.74, 6) is 0. The van der Waals surface area contributed by atoms with E-state index in [1.807, 2.05) is 7.11 Å². The van der Waals surface area contributed by atoms with Crippen LogP contribution in [0.25, 0.3) is 0 Å². The molecular formula is C11H20O. The quantitative estimate of drug-likeness (QED) is 0.585. The number of fused-ring (bicyclic) bond motifs is 2. The first-order valence-corrected chi connectivity index (χ1v) is 5.14. The van der Waals surface area contributed by atoms with Crippen LogP contribution in [0.2, 0.25) is 0 Å². The summed E-state index contributed by atoms with van der Waals surface area (Å²) in [5, 5.41) is 0. The second-order valence-corrected chi connectivity index (χ2v) is 5.28. The summed E-state index contributed by atoms with van der Waals surface area (Å²) in [4.78, 5) is 0. The van der Waals surface area contributed by atoms with Crippen molar-refractivity contribution in [2.45, 2.75) is 52.1 Å². The van der Waals surface area contributed by atoms with Crippen LogP contribution >= 0.6 is 0 Å². The molecule has 1 unspecified atom stereocenters. The van der Waals surface area contributed by atoms with Crippen LogP contribution in [-0.2, 0) is 4.74 Å². The van der Waals surface area contributed by atoms with E-state index >= 15 is 0 Å². The van der Waals surface area contributed by atoms with Crippen molar-refractivity contribution >= 4 is 0 Å². The molecule has 0 N–H and O–H groups in total. The Labute approximate surface area is 75.5 Å². The minimum absolute atomic E-state index is 0.502. The standard InChI is InChI=1S/C11H20O/c1-10-5-4-6-11(2,8-7-10)9(10)12-3/h9H,4-8H2,1-3H3/t9?,10-,11+. The molecular weight excluding hydrogens is 148 g/mol. The summed E-state index contributed by atoms with van der Waals surface area (Å²) < 4.78 is 5.68. The Balaban J connectivity index is 2.28. The van der Waals surface area contributed by atoms with Crippen LogP contribution in [0, 0.1) is 10.8 Å². The molecule has 2 saturated carbocycles. The molecule has 2 bridgehead atoms. The largest absolute Gasteiger partial charge is 0.380 e. The minimum atomic E-state index is 0.502. The molecule has 1 heteroatoms. The number of rotatable bonds is 1. The molecule has 0 radical (unpaired) electrons. The molecule has 0 spiro atoms. The van der Waals surface area contributed by atoms with Gasteiger partial charge in [0, 0.05) is 7.11 Å². The topological polar surface area (TPSA) is 9.23 Å². The summed E-state index contributed by atoms with van der Waals surface area (Å²) in [7, 11) is 1.89. The summed E-state index contributed by atoms with van der Waals surface area (Å²) in [6.45, 7) is 4.82. The fraction of sp³-hybridized carbons (Fsp3) is 1.00. The molecule has 0 amide bonds. The number of hydrogen-bond acceptors (Lipinski definition) is 1. The van der Waals surface area contributed by atoms with Gasteiger partial charge in [-0.25, -0.2) is 0 Å². The summed E-state index contributed by atoms with van der Waals surface area (Å²) in [6.07, 6.45) is 7.44. The first-order valence-electron chi connectivity index (χ1n) is 5.14. The lowest BCUT2D eigenvalue weighted by Crippen LogP contribution is -2.42. The van der Waals surface area contributed by atoms with Crippen LogP contribution in [0.1, 0.15) is 46.0 Å². The molecule has 0 aromatic heterocycles. The van der Waals surface area contributed by atoms with E-state index < -0.39 is 0 Å². The third-order valence-corrected chi connectivity index (χ3v) is 4.26. The Kier molecular flexibility index (Phi) is 1.76. The van der Waals surface area contributed by atoms with Crippen LogP contribution in [0.5, 0.6) is 0 Å². The first kappa shape index (κ1) is 8.55. The monoisotopic (exact) mass is 168 g/mol. The highest BCUT2D eigenvalue weighted by molar-refractivity contribution is 5.05. The molecule has 70 valence electrons. The lowest BCUT2D eigenvalue weighted by Gasteiger charge is -2.43. The third-order valence-electron chi connectivity index (χ3n) is 4.26. The minimum Gasteiger partial charge on any atom is -0.380 e. The van der Waals surface area contributed by atoms with Crippen LogP contribution in [0.4, 0.5) is 0 Å². The highest BCUT2D eigenvalue weighted by Crippen LogP contribution is 2.59. The Morgan fingerprint density at radius 3 is 1.83 bits per heavy atom. The molecule has 2 rings (SSSR count). The average Bonchev–Trinajstić information content (AvgIpc) is 2.14. The third kappa shape index (κ3) is 0.953. The van der Waals surface area contributed by atoms with Gasteiger partial charge in [0.05, 0.1) is 6.10 Å². The van der Waals surface area contributed by atoms with Crippen molar-refractivity contribution in [1.29, 1.82) is 0 Å². The molecule has 3 atom stereocenters. The second kappa shape index (κ2) is 2.47. The molecule has 0 aromatic rings. The molecule has 2 fully saturated rings. The molecule has 12 heavy (non-hydrogen) atoms. The van der Waals surface area contributed by atoms with Gasteiger partial charge in [0.1, 0.15) is 0 Å². The maximum Gasteiger partial charge on any atom is 0.0678 e. The molecule has 0 aliphatic heterocycles. The first-order chi connectivity index (χ1) is 5.61. The van der Waals surface area contributed by atoms with Crippen molar-refractivity contribution in [3.8, 4) is 0 Å². The van der Waals surface area contributed by atoms with E-state index in [-0.39, 0.29) is 0 Å². The number of hydrogen-bond donors (Lipinski definition) is 0. The van der Waals surface area contributed by atoms with E-state index in [2.05, 4.69) is 13.8 Å². The van der Waals surface area contributed by atoms with Gasteiger partial charge in [-0.1, -0.05) is 20.3 Å². The van der Waals surface area contributed by atoms with Gasteiger partial charge in [0.15, 0.2) is 0 Å². The van der Waals surface area contributed by atoms with E-state index in [4.69, 9.17) is 4.74 Å². The number of methoxy groups -OCH3 is 1. The SMILES string of the molecule is COC1[C@@]2(C)CCC[C@]1(C)CC2. The van der Waals surface area contributed by atoms with Crippen molar-refractivity contribution < 1.29 is 4.74 Å². The van der Waals surface area contributed by atoms with Gasteiger partial charge < -0.3 is 4.74 Å². The normalized spacial score (nSPS) is 52.8. The Bertz CT molecular complexity index is 171. The van der Waals surface area contributed by atoms with Gasteiger partial charge in [-0.2, -0.15) is 0 Å². The van der Waals surface area contributed by atoms with Gasteiger partial charge in [0.25, 0.3) is 0 Å². The molecule has 0 aromatic carbocycles. The summed E-state index contributed by atoms with van der Waals surface area (Å²) >= 11 is 0. The van der Waals surface area contributed by atoms with Crippen molar-refractivity contribution in [2.24, 2.45) is 10.8 Å². The van der Waals surface area contributed by atoms with Gasteiger partial charge >= 0.3 is 0 Å². The highest BCUT2D eigenvalue weighted by Gasteiger charge is 2.54. The average molecular weight is 168 g/mol. The molecule has 1 nitrogen and oxygen atoms in total. The van der Waals surface area contributed by atoms with Crippen LogP contribution in [0.15, 0.2) is 0 Å². The van der Waals surface area contributed by atoms with Gasteiger partial charge in [-0.3, -0.25) is 0 Å². The molecule has 0 heterocycles. The fourth-order valence-electron chi connectivity index (χ4n) is 3.65. The van der Waals surface area contributed by atoms with E-state index in [9.17, 15) is 0 Å². The highest BCUT2D eigenvalue weighted by atomic mass is 16.5. The lowest BCUT2D eigenvalue weighted by molar-refractivity contribution is -0.0716. The van der Waals surface area contributed by atoms with E-state index in [1.165, 1.54) is 32.1 Å². The molecule has 0 saturated heterocycles. The molecule has 2 aliphatic rings. The van der Waals surface area contributed by atoms with Gasteiger partial charge in [-0.05, 0) is 36.5 Å². The van der Waals surface area contributed by atoms with Crippen LogP contribution < -0.4 is 0 Å².